The van der Waals surface area contributed by atoms with E-state index >= 15 is 0 Å². The van der Waals surface area contributed by atoms with Crippen LogP contribution in [0.2, 0.25) is 0 Å². The van der Waals surface area contributed by atoms with Crippen LogP contribution in [0.15, 0.2) is 29.5 Å². The van der Waals surface area contributed by atoms with Crippen molar-refractivity contribution in [3.8, 4) is 5.75 Å². The molecule has 3 rings (SSSR count). The highest BCUT2D eigenvalue weighted by Crippen LogP contribution is 2.24. The Balaban J connectivity index is 1.68. The van der Waals surface area contributed by atoms with Gasteiger partial charge in [0.15, 0.2) is 11.8 Å². The van der Waals surface area contributed by atoms with Crippen LogP contribution in [-0.2, 0) is 24.9 Å². The zero-order chi connectivity index (χ0) is 19.1. The lowest BCUT2D eigenvalue weighted by atomic mass is 10.1. The summed E-state index contributed by atoms with van der Waals surface area (Å²) in [5.41, 5.74) is 2.23. The molecule has 8 nitrogen and oxygen atoms in total. The molecule has 8 heteroatoms. The normalized spacial score (nSPS) is 17.1. The molecule has 1 saturated heterocycles. The number of benzene rings is 1. The molecular formula is C19H28N6O2. The summed E-state index contributed by atoms with van der Waals surface area (Å²) in [7, 11) is 1.92. The maximum atomic E-state index is 6.16. The Hall–Kier alpha value is -2.61. The first-order chi connectivity index (χ1) is 13.2. The van der Waals surface area contributed by atoms with E-state index < -0.39 is 0 Å². The highest BCUT2D eigenvalue weighted by atomic mass is 16.5. The van der Waals surface area contributed by atoms with Crippen LogP contribution in [0.25, 0.3) is 0 Å². The van der Waals surface area contributed by atoms with Crippen LogP contribution in [0.5, 0.6) is 5.75 Å². The van der Waals surface area contributed by atoms with Gasteiger partial charge in [0.25, 0.3) is 0 Å². The number of ether oxygens (including phenoxy) is 2. The molecule has 0 bridgehead atoms. The van der Waals surface area contributed by atoms with Crippen LogP contribution >= 0.6 is 0 Å². The van der Waals surface area contributed by atoms with Gasteiger partial charge in [-0.2, -0.15) is 0 Å². The van der Waals surface area contributed by atoms with Crippen molar-refractivity contribution in [3.63, 3.8) is 0 Å². The Bertz CT molecular complexity index is 767. The maximum Gasteiger partial charge on any atom is 0.191 e. The molecule has 0 radical (unpaired) electrons. The molecule has 1 aromatic heterocycles. The number of guanidine groups is 1. The average molecular weight is 372 g/mol. The van der Waals surface area contributed by atoms with Gasteiger partial charge in [0.1, 0.15) is 18.2 Å². The molecule has 0 aliphatic carbocycles. The molecule has 2 heterocycles. The fourth-order valence-electron chi connectivity index (χ4n) is 2.82. The standard InChI is InChI=1S/C19H28N6O2/c1-4-20-19(22-11-18-24-23-13-25(18)3)21-10-15-6-5-14(2)9-17(15)27-16-7-8-26-12-16/h5-6,9,13,16H,4,7-8,10-12H2,1-3H3,(H2,20,21,22). The van der Waals surface area contributed by atoms with Crippen LogP contribution in [0.4, 0.5) is 0 Å². The highest BCUT2D eigenvalue weighted by Gasteiger charge is 2.18. The second kappa shape index (κ2) is 9.36. The van der Waals surface area contributed by atoms with E-state index in [2.05, 4.69) is 46.0 Å². The maximum absolute atomic E-state index is 6.16. The molecule has 27 heavy (non-hydrogen) atoms. The summed E-state index contributed by atoms with van der Waals surface area (Å²) in [5, 5.41) is 14.5. The Morgan fingerprint density at radius 1 is 1.41 bits per heavy atom. The Labute approximate surface area is 160 Å². The minimum absolute atomic E-state index is 0.122. The fourth-order valence-corrected chi connectivity index (χ4v) is 2.82. The highest BCUT2D eigenvalue weighted by molar-refractivity contribution is 5.79. The van der Waals surface area contributed by atoms with Crippen molar-refractivity contribution in [2.75, 3.05) is 19.8 Å². The van der Waals surface area contributed by atoms with Gasteiger partial charge in [0, 0.05) is 25.6 Å². The van der Waals surface area contributed by atoms with E-state index in [0.29, 0.717) is 19.7 Å². The summed E-state index contributed by atoms with van der Waals surface area (Å²) < 4.78 is 13.5. The van der Waals surface area contributed by atoms with Crippen molar-refractivity contribution in [2.45, 2.75) is 39.5 Å². The third kappa shape index (κ3) is 5.43. The first kappa shape index (κ1) is 19.2. The molecule has 1 aliphatic heterocycles. The zero-order valence-corrected chi connectivity index (χ0v) is 16.2. The van der Waals surface area contributed by atoms with Crippen LogP contribution in [0.3, 0.4) is 0 Å². The minimum atomic E-state index is 0.122. The number of rotatable bonds is 7. The van der Waals surface area contributed by atoms with E-state index in [1.807, 2.05) is 18.5 Å². The third-order valence-electron chi connectivity index (χ3n) is 4.38. The average Bonchev–Trinajstić information content (AvgIpc) is 3.30. The number of nitrogens with one attached hydrogen (secondary N) is 2. The smallest absolute Gasteiger partial charge is 0.191 e. The molecule has 1 unspecified atom stereocenters. The van der Waals surface area contributed by atoms with Crippen molar-refractivity contribution in [1.82, 2.24) is 25.4 Å². The summed E-state index contributed by atoms with van der Waals surface area (Å²) in [6, 6.07) is 6.24. The Kier molecular flexibility index (Phi) is 6.64. The van der Waals surface area contributed by atoms with E-state index in [1.54, 1.807) is 6.33 Å². The predicted molar refractivity (Wildman–Crippen MR) is 104 cm³/mol. The molecule has 1 aliphatic rings. The molecule has 1 aromatic carbocycles. The van der Waals surface area contributed by atoms with E-state index in [-0.39, 0.29) is 6.10 Å². The lowest BCUT2D eigenvalue weighted by molar-refractivity contribution is 0.140. The molecule has 0 amide bonds. The van der Waals surface area contributed by atoms with Crippen molar-refractivity contribution in [3.05, 3.63) is 41.5 Å². The summed E-state index contributed by atoms with van der Waals surface area (Å²) >= 11 is 0. The molecule has 1 fully saturated rings. The lowest BCUT2D eigenvalue weighted by Crippen LogP contribution is -2.37. The van der Waals surface area contributed by atoms with Crippen LogP contribution in [0, 0.1) is 6.92 Å². The summed E-state index contributed by atoms with van der Waals surface area (Å²) in [6.45, 7) is 7.38. The van der Waals surface area contributed by atoms with Crippen LogP contribution < -0.4 is 15.4 Å². The van der Waals surface area contributed by atoms with Crippen molar-refractivity contribution >= 4 is 5.96 Å². The number of aromatic nitrogens is 3. The zero-order valence-electron chi connectivity index (χ0n) is 16.2. The predicted octanol–water partition coefficient (Wildman–Crippen LogP) is 1.55. The summed E-state index contributed by atoms with van der Waals surface area (Å²) in [5.74, 6) is 2.47. The van der Waals surface area contributed by atoms with Crippen molar-refractivity contribution in [2.24, 2.45) is 12.0 Å². The number of nitrogens with zero attached hydrogens (tertiary/aromatic N) is 4. The second-order valence-corrected chi connectivity index (χ2v) is 6.62. The first-order valence-corrected chi connectivity index (χ1v) is 9.34. The topological polar surface area (TPSA) is 85.6 Å². The van der Waals surface area contributed by atoms with Gasteiger partial charge in [-0.25, -0.2) is 4.99 Å². The lowest BCUT2D eigenvalue weighted by Gasteiger charge is -2.16. The number of hydrogen-bond donors (Lipinski definition) is 2. The largest absolute Gasteiger partial charge is 0.488 e. The van der Waals surface area contributed by atoms with Gasteiger partial charge in [-0.05, 0) is 25.5 Å². The van der Waals surface area contributed by atoms with Gasteiger partial charge in [0.05, 0.1) is 26.3 Å². The van der Waals surface area contributed by atoms with Gasteiger partial charge < -0.3 is 24.7 Å². The molecule has 0 spiro atoms. The van der Waals surface area contributed by atoms with Gasteiger partial charge in [-0.1, -0.05) is 12.1 Å². The van der Waals surface area contributed by atoms with Gasteiger partial charge in [0.2, 0.25) is 0 Å². The fraction of sp³-hybridized carbons (Fsp3) is 0.526. The van der Waals surface area contributed by atoms with E-state index in [9.17, 15) is 0 Å². The Morgan fingerprint density at radius 2 is 2.30 bits per heavy atom. The van der Waals surface area contributed by atoms with Crippen molar-refractivity contribution < 1.29 is 9.47 Å². The summed E-state index contributed by atoms with van der Waals surface area (Å²) in [6.07, 6.45) is 2.74. The molecule has 2 aromatic rings. The Morgan fingerprint density at radius 3 is 3.00 bits per heavy atom. The van der Waals surface area contributed by atoms with Gasteiger partial charge in [-0.3, -0.25) is 0 Å². The third-order valence-corrected chi connectivity index (χ3v) is 4.38. The molecule has 1 atom stereocenters. The summed E-state index contributed by atoms with van der Waals surface area (Å²) in [4.78, 5) is 4.70. The molecule has 2 N–H and O–H groups in total. The molecule has 146 valence electrons. The number of hydrogen-bond acceptors (Lipinski definition) is 5. The van der Waals surface area contributed by atoms with Gasteiger partial charge >= 0.3 is 0 Å². The molecule has 0 saturated carbocycles. The van der Waals surface area contributed by atoms with Crippen LogP contribution in [-0.4, -0.2) is 46.6 Å². The van der Waals surface area contributed by atoms with E-state index in [4.69, 9.17) is 14.5 Å². The number of aryl methyl sites for hydroxylation is 2. The first-order valence-electron chi connectivity index (χ1n) is 9.34. The second-order valence-electron chi connectivity index (χ2n) is 6.62. The SMILES string of the molecule is CCNC(=NCc1ccc(C)cc1OC1CCOC1)NCc1nncn1C. The monoisotopic (exact) mass is 372 g/mol. The van der Waals surface area contributed by atoms with Gasteiger partial charge in [-0.15, -0.1) is 10.2 Å². The van der Waals surface area contributed by atoms with Crippen LogP contribution in [0.1, 0.15) is 30.3 Å². The quantitative estimate of drug-likeness (QED) is 0.567. The van der Waals surface area contributed by atoms with E-state index in [0.717, 1.165) is 42.7 Å². The molecular weight excluding hydrogens is 344 g/mol. The minimum Gasteiger partial charge on any atom is -0.488 e. The van der Waals surface area contributed by atoms with E-state index in [1.165, 1.54) is 5.56 Å². The van der Waals surface area contributed by atoms with Crippen molar-refractivity contribution in [1.29, 1.82) is 0 Å². The number of aliphatic imine (C=N–C) groups is 1.